The zero-order valence-corrected chi connectivity index (χ0v) is 14.7. The van der Waals surface area contributed by atoms with Gasteiger partial charge in [-0.25, -0.2) is 9.97 Å². The number of rotatable bonds is 5. The molecule has 1 aliphatic heterocycles. The van der Waals surface area contributed by atoms with Crippen molar-refractivity contribution in [2.45, 2.75) is 32.4 Å². The average Bonchev–Trinajstić information content (AvgIpc) is 2.69. The Morgan fingerprint density at radius 3 is 2.88 bits per heavy atom. The van der Waals surface area contributed by atoms with Crippen LogP contribution in [0.2, 0.25) is 0 Å². The number of fused-ring (bicyclic) bond motifs is 1. The summed E-state index contributed by atoms with van der Waals surface area (Å²) in [5.74, 6) is 1.61. The molecule has 1 aliphatic rings. The molecule has 3 aromatic heterocycles. The Morgan fingerprint density at radius 2 is 2.08 bits per heavy atom. The lowest BCUT2D eigenvalue weighted by molar-refractivity contribution is 0.623. The number of nitrogens with one attached hydrogen (secondary N) is 2. The van der Waals surface area contributed by atoms with Gasteiger partial charge in [-0.3, -0.25) is 15.0 Å². The summed E-state index contributed by atoms with van der Waals surface area (Å²) in [6.45, 7) is 3.84. The van der Waals surface area contributed by atoms with Gasteiger partial charge in [-0.1, -0.05) is 0 Å². The summed E-state index contributed by atoms with van der Waals surface area (Å²) in [5.41, 5.74) is 4.14. The van der Waals surface area contributed by atoms with E-state index >= 15 is 0 Å². The smallest absolute Gasteiger partial charge is 0.163 e. The first kappa shape index (κ1) is 16.5. The minimum atomic E-state index is 0.183. The number of hydrogen-bond acceptors (Lipinski definition) is 7. The second-order valence-corrected chi connectivity index (χ2v) is 6.44. The topological polar surface area (TPSA) is 88.5 Å². The Labute approximate surface area is 152 Å². The van der Waals surface area contributed by atoms with Crippen LogP contribution in [0, 0.1) is 0 Å². The molecular formula is C19H21N7. The fourth-order valence-corrected chi connectivity index (χ4v) is 3.14. The lowest BCUT2D eigenvalue weighted by atomic mass is 10.1. The minimum absolute atomic E-state index is 0.183. The number of anilines is 1. The third-order valence-corrected chi connectivity index (χ3v) is 4.37. The van der Waals surface area contributed by atoms with Gasteiger partial charge in [0.15, 0.2) is 5.82 Å². The fourth-order valence-electron chi connectivity index (χ4n) is 3.14. The molecule has 2 N–H and O–H groups in total. The zero-order chi connectivity index (χ0) is 17.8. The molecule has 0 unspecified atom stereocenters. The van der Waals surface area contributed by atoms with Crippen molar-refractivity contribution < 1.29 is 0 Å². The maximum absolute atomic E-state index is 4.81. The highest BCUT2D eigenvalue weighted by atomic mass is 15.1. The molecule has 7 nitrogen and oxygen atoms in total. The summed E-state index contributed by atoms with van der Waals surface area (Å²) < 4.78 is 0. The highest BCUT2D eigenvalue weighted by Gasteiger charge is 2.19. The SMILES string of the molecule is C[C@H](Cc1cnccn1)Nc1nc(-c2cccnc2)nc2c1CCNC2. The van der Waals surface area contributed by atoms with Crippen molar-refractivity contribution in [3.63, 3.8) is 0 Å². The van der Waals surface area contributed by atoms with Crippen LogP contribution in [-0.2, 0) is 19.4 Å². The lowest BCUT2D eigenvalue weighted by Gasteiger charge is -2.23. The summed E-state index contributed by atoms with van der Waals surface area (Å²) in [4.78, 5) is 22.3. The molecule has 4 rings (SSSR count). The van der Waals surface area contributed by atoms with E-state index in [4.69, 9.17) is 9.97 Å². The van der Waals surface area contributed by atoms with Crippen LogP contribution in [-0.4, -0.2) is 37.5 Å². The Bertz CT molecular complexity index is 868. The lowest BCUT2D eigenvalue weighted by Crippen LogP contribution is -2.28. The van der Waals surface area contributed by atoms with Crippen molar-refractivity contribution >= 4 is 5.82 Å². The van der Waals surface area contributed by atoms with E-state index in [1.54, 1.807) is 31.0 Å². The standard InChI is InChI=1S/C19H21N7/c1-13(9-15-11-22-7-8-23-15)24-19-16-4-6-21-12-17(16)25-18(26-19)14-3-2-5-20-10-14/h2-3,5,7-8,10-11,13,21H,4,6,9,12H2,1H3,(H,24,25,26)/t13-/m1/s1. The van der Waals surface area contributed by atoms with Crippen molar-refractivity contribution in [3.05, 3.63) is 60.1 Å². The second kappa shape index (κ2) is 7.53. The van der Waals surface area contributed by atoms with Crippen LogP contribution in [0.5, 0.6) is 0 Å². The van der Waals surface area contributed by atoms with Gasteiger partial charge < -0.3 is 10.6 Å². The maximum atomic E-state index is 4.81. The molecule has 4 heterocycles. The Morgan fingerprint density at radius 1 is 1.15 bits per heavy atom. The summed E-state index contributed by atoms with van der Waals surface area (Å²) in [6, 6.07) is 4.07. The molecule has 132 valence electrons. The maximum Gasteiger partial charge on any atom is 0.163 e. The molecule has 0 aromatic carbocycles. The van der Waals surface area contributed by atoms with E-state index in [1.807, 2.05) is 12.1 Å². The predicted octanol–water partition coefficient (Wildman–Crippen LogP) is 2.02. The molecule has 0 saturated carbocycles. The minimum Gasteiger partial charge on any atom is -0.367 e. The Hall–Kier alpha value is -2.93. The largest absolute Gasteiger partial charge is 0.367 e. The van der Waals surface area contributed by atoms with Crippen LogP contribution in [0.3, 0.4) is 0 Å². The van der Waals surface area contributed by atoms with Crippen LogP contribution < -0.4 is 10.6 Å². The molecular weight excluding hydrogens is 326 g/mol. The fraction of sp³-hybridized carbons (Fsp3) is 0.316. The Kier molecular flexibility index (Phi) is 4.79. The van der Waals surface area contributed by atoms with E-state index in [-0.39, 0.29) is 6.04 Å². The Balaban J connectivity index is 1.63. The highest BCUT2D eigenvalue weighted by molar-refractivity contribution is 5.59. The van der Waals surface area contributed by atoms with E-state index < -0.39 is 0 Å². The molecule has 0 amide bonds. The molecule has 1 atom stereocenters. The van der Waals surface area contributed by atoms with Gasteiger partial charge >= 0.3 is 0 Å². The molecule has 0 aliphatic carbocycles. The van der Waals surface area contributed by atoms with Crippen molar-refractivity contribution in [2.24, 2.45) is 0 Å². The monoisotopic (exact) mass is 347 g/mol. The van der Waals surface area contributed by atoms with Gasteiger partial charge in [0.1, 0.15) is 5.82 Å². The molecule has 0 radical (unpaired) electrons. The first-order valence-corrected chi connectivity index (χ1v) is 8.82. The van der Waals surface area contributed by atoms with Gasteiger partial charge in [0.25, 0.3) is 0 Å². The van der Waals surface area contributed by atoms with E-state index in [2.05, 4.69) is 32.5 Å². The van der Waals surface area contributed by atoms with Crippen LogP contribution >= 0.6 is 0 Å². The van der Waals surface area contributed by atoms with Crippen LogP contribution in [0.25, 0.3) is 11.4 Å². The van der Waals surface area contributed by atoms with Gasteiger partial charge in [0, 0.05) is 61.1 Å². The summed E-state index contributed by atoms with van der Waals surface area (Å²) in [7, 11) is 0. The predicted molar refractivity (Wildman–Crippen MR) is 99.5 cm³/mol. The molecule has 0 fully saturated rings. The number of aromatic nitrogens is 5. The first-order valence-electron chi connectivity index (χ1n) is 8.82. The van der Waals surface area contributed by atoms with E-state index in [0.29, 0.717) is 5.82 Å². The summed E-state index contributed by atoms with van der Waals surface area (Å²) in [5, 5.41) is 6.95. The van der Waals surface area contributed by atoms with Gasteiger partial charge in [0.2, 0.25) is 0 Å². The van der Waals surface area contributed by atoms with Gasteiger partial charge in [-0.15, -0.1) is 0 Å². The normalized spacial score (nSPS) is 14.5. The van der Waals surface area contributed by atoms with Crippen molar-refractivity contribution in [1.82, 2.24) is 30.2 Å². The molecule has 0 saturated heterocycles. The highest BCUT2D eigenvalue weighted by Crippen LogP contribution is 2.25. The van der Waals surface area contributed by atoms with Crippen molar-refractivity contribution in [3.8, 4) is 11.4 Å². The molecule has 7 heteroatoms. The molecule has 26 heavy (non-hydrogen) atoms. The van der Waals surface area contributed by atoms with Crippen molar-refractivity contribution in [2.75, 3.05) is 11.9 Å². The van der Waals surface area contributed by atoms with Gasteiger partial charge in [-0.2, -0.15) is 0 Å². The number of hydrogen-bond donors (Lipinski definition) is 2. The van der Waals surface area contributed by atoms with Crippen LogP contribution in [0.4, 0.5) is 5.82 Å². The van der Waals surface area contributed by atoms with Crippen LogP contribution in [0.15, 0.2) is 43.1 Å². The summed E-state index contributed by atoms with van der Waals surface area (Å²) in [6.07, 6.45) is 10.5. The van der Waals surface area contributed by atoms with E-state index in [9.17, 15) is 0 Å². The number of pyridine rings is 1. The zero-order valence-electron chi connectivity index (χ0n) is 14.7. The molecule has 3 aromatic rings. The molecule has 0 spiro atoms. The van der Waals surface area contributed by atoms with E-state index in [1.165, 1.54) is 5.56 Å². The first-order chi connectivity index (χ1) is 12.8. The van der Waals surface area contributed by atoms with Gasteiger partial charge in [-0.05, 0) is 32.0 Å². The quantitative estimate of drug-likeness (QED) is 0.730. The average molecular weight is 347 g/mol. The van der Waals surface area contributed by atoms with E-state index in [0.717, 1.165) is 48.7 Å². The van der Waals surface area contributed by atoms with Gasteiger partial charge in [0.05, 0.1) is 11.4 Å². The van der Waals surface area contributed by atoms with Crippen LogP contribution in [0.1, 0.15) is 23.9 Å². The molecule has 0 bridgehead atoms. The second-order valence-electron chi connectivity index (χ2n) is 6.44. The third-order valence-electron chi connectivity index (χ3n) is 4.37. The number of nitrogens with zero attached hydrogens (tertiary/aromatic N) is 5. The summed E-state index contributed by atoms with van der Waals surface area (Å²) >= 11 is 0. The van der Waals surface area contributed by atoms with Crippen molar-refractivity contribution in [1.29, 1.82) is 0 Å². The third kappa shape index (κ3) is 3.67.